The molecule has 0 amide bonds. The van der Waals surface area contributed by atoms with Gasteiger partial charge in [-0.3, -0.25) is 0 Å². The molecular weight excluding hydrogens is 270 g/mol. The Morgan fingerprint density at radius 1 is 0.842 bits per heavy atom. The van der Waals surface area contributed by atoms with Gasteiger partial charge in [0.2, 0.25) is 0 Å². The van der Waals surface area contributed by atoms with Crippen molar-refractivity contribution in [3.8, 4) is 0 Å². The predicted molar refractivity (Wildman–Crippen MR) is 91.6 cm³/mol. The first-order chi connectivity index (χ1) is 8.75. The van der Waals surface area contributed by atoms with E-state index < -0.39 is 0 Å². The highest BCUT2D eigenvalue weighted by molar-refractivity contribution is 6.09. The predicted octanol–water partition coefficient (Wildman–Crippen LogP) is 0.511. The molecule has 3 nitrogen and oxygen atoms in total. The molecule has 0 aliphatic heterocycles. The van der Waals surface area contributed by atoms with Crippen LogP contribution in [0.15, 0.2) is 0 Å². The van der Waals surface area contributed by atoms with Crippen LogP contribution in [-0.4, -0.2) is 57.0 Å². The van der Waals surface area contributed by atoms with Crippen LogP contribution >= 0.6 is 0 Å². The zero-order valence-electron chi connectivity index (χ0n) is 14.3. The van der Waals surface area contributed by atoms with Crippen molar-refractivity contribution >= 4 is 20.5 Å². The molecule has 0 saturated carbocycles. The van der Waals surface area contributed by atoms with Gasteiger partial charge in [0.25, 0.3) is 0 Å². The standard InChI is InChI=1S/C14H35NO2Si2/c1-7-16-11(9-18)13(3,4)15-14(5,6)12(10-19)17-8-2/h11-12,15H,7-10H2,1-6,18-19H3. The molecule has 0 aromatic carbocycles. The molecule has 2 unspecified atom stereocenters. The molecule has 5 heteroatoms. The molecule has 0 fully saturated rings. The third-order valence-electron chi connectivity index (χ3n) is 3.73. The summed E-state index contributed by atoms with van der Waals surface area (Å²) < 4.78 is 11.8. The van der Waals surface area contributed by atoms with Gasteiger partial charge in [-0.1, -0.05) is 0 Å². The molecule has 0 aromatic heterocycles. The maximum atomic E-state index is 5.92. The van der Waals surface area contributed by atoms with Gasteiger partial charge in [-0.25, -0.2) is 0 Å². The molecule has 0 spiro atoms. The molecule has 0 bridgehead atoms. The molecule has 19 heavy (non-hydrogen) atoms. The van der Waals surface area contributed by atoms with Crippen molar-refractivity contribution in [2.75, 3.05) is 13.2 Å². The fraction of sp³-hybridized carbons (Fsp3) is 1.00. The molecule has 0 radical (unpaired) electrons. The van der Waals surface area contributed by atoms with Gasteiger partial charge < -0.3 is 14.8 Å². The summed E-state index contributed by atoms with van der Waals surface area (Å²) >= 11 is 0. The Balaban J connectivity index is 4.84. The summed E-state index contributed by atoms with van der Waals surface area (Å²) in [4.78, 5) is 0. The third kappa shape index (κ3) is 6.08. The van der Waals surface area contributed by atoms with Crippen LogP contribution in [0.4, 0.5) is 0 Å². The lowest BCUT2D eigenvalue weighted by molar-refractivity contribution is -0.0304. The van der Waals surface area contributed by atoms with E-state index in [1.807, 2.05) is 0 Å². The molecule has 2 atom stereocenters. The second-order valence-corrected chi connectivity index (χ2v) is 7.91. The monoisotopic (exact) mass is 305 g/mol. The number of nitrogens with one attached hydrogen (secondary N) is 1. The molecule has 0 heterocycles. The zero-order valence-corrected chi connectivity index (χ0v) is 18.3. The molecule has 0 rings (SSSR count). The van der Waals surface area contributed by atoms with Crippen LogP contribution in [-0.2, 0) is 9.47 Å². The summed E-state index contributed by atoms with van der Waals surface area (Å²) in [6, 6.07) is 2.31. The van der Waals surface area contributed by atoms with E-state index in [4.69, 9.17) is 9.47 Å². The minimum Gasteiger partial charge on any atom is -0.377 e. The Kier molecular flexibility index (Phi) is 8.71. The van der Waals surface area contributed by atoms with E-state index >= 15 is 0 Å². The second kappa shape index (κ2) is 8.57. The van der Waals surface area contributed by atoms with E-state index in [0.717, 1.165) is 25.3 Å². The van der Waals surface area contributed by atoms with Gasteiger partial charge in [0.05, 0.1) is 12.2 Å². The Labute approximate surface area is 126 Å². The van der Waals surface area contributed by atoms with Gasteiger partial charge in [-0.2, -0.15) is 0 Å². The average molecular weight is 306 g/mol. The normalized spacial score (nSPS) is 16.7. The van der Waals surface area contributed by atoms with Crippen molar-refractivity contribution < 1.29 is 9.47 Å². The Hall–Kier alpha value is 0.314. The highest BCUT2D eigenvalue weighted by Crippen LogP contribution is 2.24. The van der Waals surface area contributed by atoms with Crippen LogP contribution in [0.2, 0.25) is 12.1 Å². The first-order valence-corrected chi connectivity index (χ1v) is 10.6. The number of hydrogen-bond acceptors (Lipinski definition) is 3. The van der Waals surface area contributed by atoms with Crippen LogP contribution in [0.25, 0.3) is 0 Å². The molecule has 0 aliphatic rings. The van der Waals surface area contributed by atoms with Gasteiger partial charge in [0, 0.05) is 44.8 Å². The lowest BCUT2D eigenvalue weighted by Gasteiger charge is -2.44. The van der Waals surface area contributed by atoms with Crippen molar-refractivity contribution in [3.63, 3.8) is 0 Å². The lowest BCUT2D eigenvalue weighted by Crippen LogP contribution is -2.63. The highest BCUT2D eigenvalue weighted by atomic mass is 28.1. The largest absolute Gasteiger partial charge is 0.377 e. The van der Waals surface area contributed by atoms with Gasteiger partial charge in [0.1, 0.15) is 0 Å². The first kappa shape index (κ1) is 19.3. The average Bonchev–Trinajstić information content (AvgIpc) is 2.30. The summed E-state index contributed by atoms with van der Waals surface area (Å²) in [6.07, 6.45) is 0.583. The van der Waals surface area contributed by atoms with Gasteiger partial charge >= 0.3 is 0 Å². The highest BCUT2D eigenvalue weighted by Gasteiger charge is 2.38. The summed E-state index contributed by atoms with van der Waals surface area (Å²) in [5.74, 6) is 0. The fourth-order valence-electron chi connectivity index (χ4n) is 3.07. The van der Waals surface area contributed by atoms with E-state index in [2.05, 4.69) is 46.9 Å². The summed E-state index contributed by atoms with van der Waals surface area (Å²) in [6.45, 7) is 14.7. The maximum absolute atomic E-state index is 5.92. The maximum Gasteiger partial charge on any atom is 0.0719 e. The number of ether oxygens (including phenoxy) is 2. The minimum absolute atomic E-state index is 0.0205. The molecule has 0 aromatic rings. The van der Waals surface area contributed by atoms with Crippen molar-refractivity contribution in [3.05, 3.63) is 0 Å². The smallest absolute Gasteiger partial charge is 0.0719 e. The molecule has 116 valence electrons. The quantitative estimate of drug-likeness (QED) is 0.597. The van der Waals surface area contributed by atoms with Crippen LogP contribution in [0, 0.1) is 0 Å². The van der Waals surface area contributed by atoms with Crippen LogP contribution < -0.4 is 5.32 Å². The number of hydrogen-bond donors (Lipinski definition) is 1. The number of rotatable bonds is 10. The van der Waals surface area contributed by atoms with Crippen LogP contribution in [0.1, 0.15) is 41.5 Å². The van der Waals surface area contributed by atoms with Crippen LogP contribution in [0.5, 0.6) is 0 Å². The van der Waals surface area contributed by atoms with Gasteiger partial charge in [0.15, 0.2) is 0 Å². The van der Waals surface area contributed by atoms with E-state index in [-0.39, 0.29) is 11.1 Å². The van der Waals surface area contributed by atoms with Crippen molar-refractivity contribution in [1.82, 2.24) is 5.32 Å². The van der Waals surface area contributed by atoms with Gasteiger partial charge in [-0.05, 0) is 53.6 Å². The Morgan fingerprint density at radius 3 is 1.37 bits per heavy atom. The minimum atomic E-state index is -0.0205. The van der Waals surface area contributed by atoms with Crippen molar-refractivity contribution in [2.24, 2.45) is 0 Å². The van der Waals surface area contributed by atoms with Gasteiger partial charge in [-0.15, -0.1) is 0 Å². The summed E-state index contributed by atoms with van der Waals surface area (Å²) in [5, 5.41) is 3.80. The second-order valence-electron chi connectivity index (χ2n) is 6.27. The third-order valence-corrected chi connectivity index (χ3v) is 5.21. The van der Waals surface area contributed by atoms with E-state index in [1.54, 1.807) is 0 Å². The van der Waals surface area contributed by atoms with E-state index in [0.29, 0.717) is 12.2 Å². The van der Waals surface area contributed by atoms with E-state index in [1.165, 1.54) is 20.5 Å². The molecule has 0 saturated heterocycles. The van der Waals surface area contributed by atoms with E-state index in [9.17, 15) is 0 Å². The molecule has 1 N–H and O–H groups in total. The Morgan fingerprint density at radius 2 is 1.16 bits per heavy atom. The summed E-state index contributed by atoms with van der Waals surface area (Å²) in [7, 11) is 2.34. The zero-order chi connectivity index (χ0) is 15.1. The Bertz CT molecular complexity index is 224. The van der Waals surface area contributed by atoms with Crippen molar-refractivity contribution in [2.45, 2.75) is 76.9 Å². The molecular formula is C14H35NO2Si2. The lowest BCUT2D eigenvalue weighted by atomic mass is 9.89. The summed E-state index contributed by atoms with van der Waals surface area (Å²) in [5.41, 5.74) is -0.0410. The topological polar surface area (TPSA) is 30.5 Å². The van der Waals surface area contributed by atoms with Crippen molar-refractivity contribution in [1.29, 1.82) is 0 Å². The SMILES string of the molecule is CCOC(C[SiH3])C(C)(C)NC(C)(C)C(C[SiH3])OCC. The fourth-order valence-corrected chi connectivity index (χ4v) is 5.58. The molecule has 0 aliphatic carbocycles. The first-order valence-electron chi connectivity index (χ1n) is 7.77. The van der Waals surface area contributed by atoms with Crippen LogP contribution in [0.3, 0.4) is 0 Å².